The lowest BCUT2D eigenvalue weighted by molar-refractivity contribution is -0.132. The molecular formula is C27H26F2N4O3S. The van der Waals surface area contributed by atoms with Gasteiger partial charge < -0.3 is 4.90 Å². The van der Waals surface area contributed by atoms with E-state index in [-0.39, 0.29) is 47.3 Å². The molecule has 1 N–H and O–H groups in total. The Morgan fingerprint density at radius 2 is 1.43 bits per heavy atom. The Kier molecular flexibility index (Phi) is 7.03. The fourth-order valence-electron chi connectivity index (χ4n) is 4.81. The number of amidine groups is 1. The number of hydrogen-bond acceptors (Lipinski definition) is 5. The van der Waals surface area contributed by atoms with Gasteiger partial charge in [0.05, 0.1) is 17.5 Å². The molecule has 7 nitrogen and oxygen atoms in total. The van der Waals surface area contributed by atoms with E-state index in [2.05, 4.69) is 14.6 Å². The molecule has 1 fully saturated rings. The summed E-state index contributed by atoms with van der Waals surface area (Å²) in [5.74, 6) is -0.447. The largest absolute Gasteiger partial charge is 0.340 e. The van der Waals surface area contributed by atoms with Crippen LogP contribution in [0.5, 0.6) is 0 Å². The molecule has 5 rings (SSSR count). The monoisotopic (exact) mass is 524 g/mol. The average Bonchev–Trinajstić information content (AvgIpc) is 3.16. The van der Waals surface area contributed by atoms with E-state index in [0.717, 1.165) is 11.1 Å². The van der Waals surface area contributed by atoms with E-state index >= 15 is 0 Å². The zero-order valence-electron chi connectivity index (χ0n) is 20.0. The van der Waals surface area contributed by atoms with Crippen LogP contribution in [0.1, 0.15) is 29.2 Å². The highest BCUT2D eigenvalue weighted by Crippen LogP contribution is 2.30. The molecule has 3 aromatic carbocycles. The van der Waals surface area contributed by atoms with Gasteiger partial charge in [-0.2, -0.15) is 0 Å². The highest BCUT2D eigenvalue weighted by atomic mass is 32.2. The molecule has 2 aliphatic heterocycles. The number of halogens is 2. The van der Waals surface area contributed by atoms with Crippen molar-refractivity contribution in [3.8, 4) is 0 Å². The third-order valence-electron chi connectivity index (χ3n) is 6.66. The van der Waals surface area contributed by atoms with Crippen LogP contribution in [0, 0.1) is 11.6 Å². The van der Waals surface area contributed by atoms with Gasteiger partial charge in [0.25, 0.3) is 10.0 Å². The summed E-state index contributed by atoms with van der Waals surface area (Å²) in [4.78, 5) is 21.4. The number of nitrogens with zero attached hydrogens (tertiary/aromatic N) is 3. The summed E-state index contributed by atoms with van der Waals surface area (Å²) in [5.41, 5.74) is 2.29. The zero-order valence-corrected chi connectivity index (χ0v) is 20.8. The topological polar surface area (TPSA) is 82.1 Å². The first-order valence-electron chi connectivity index (χ1n) is 12.0. The first-order valence-corrected chi connectivity index (χ1v) is 13.5. The van der Waals surface area contributed by atoms with Gasteiger partial charge in [0.1, 0.15) is 17.5 Å². The summed E-state index contributed by atoms with van der Waals surface area (Å²) < 4.78 is 54.0. The quantitative estimate of drug-likeness (QED) is 0.537. The third kappa shape index (κ3) is 5.40. The number of fused-ring (bicyclic) bond motifs is 1. The minimum absolute atomic E-state index is 0.0572. The zero-order chi connectivity index (χ0) is 26.0. The lowest BCUT2D eigenvalue weighted by atomic mass is 9.96. The molecule has 0 saturated carbocycles. The Hall–Kier alpha value is -3.63. The van der Waals surface area contributed by atoms with Crippen LogP contribution in [0.25, 0.3) is 0 Å². The molecule has 0 unspecified atom stereocenters. The number of carbonyl (C=O) groups excluding carboxylic acids is 1. The van der Waals surface area contributed by atoms with Crippen molar-refractivity contribution in [2.45, 2.75) is 17.4 Å². The number of hydrogen-bond donors (Lipinski definition) is 1. The number of piperazine rings is 1. The number of aliphatic imine (C=N–C) groups is 1. The van der Waals surface area contributed by atoms with E-state index in [1.54, 1.807) is 47.4 Å². The van der Waals surface area contributed by atoms with E-state index in [1.165, 1.54) is 30.3 Å². The first kappa shape index (κ1) is 25.0. The molecule has 3 aromatic rings. The molecule has 0 atom stereocenters. The molecule has 1 amide bonds. The van der Waals surface area contributed by atoms with Crippen molar-refractivity contribution in [1.29, 1.82) is 0 Å². The summed E-state index contributed by atoms with van der Waals surface area (Å²) in [6.45, 7) is 2.35. The van der Waals surface area contributed by atoms with Gasteiger partial charge >= 0.3 is 0 Å². The second kappa shape index (κ2) is 10.4. The normalized spacial score (nSPS) is 18.1. The van der Waals surface area contributed by atoms with Crippen LogP contribution in [0.2, 0.25) is 0 Å². The number of rotatable bonds is 6. The summed E-state index contributed by atoms with van der Waals surface area (Å²) in [6, 6.07) is 19.0. The van der Waals surface area contributed by atoms with Crippen molar-refractivity contribution in [2.24, 2.45) is 4.99 Å². The fourth-order valence-corrected chi connectivity index (χ4v) is 6.06. The Morgan fingerprint density at radius 1 is 0.865 bits per heavy atom. The molecule has 0 radical (unpaired) electrons. The SMILES string of the molecule is O=C(CCN=C1NS(=O)(=O)c2ccccc21)N1CCN(C(c2ccc(F)cc2)c2ccc(F)cc2)CC1. The van der Waals surface area contributed by atoms with Gasteiger partial charge in [0, 0.05) is 38.2 Å². The highest BCUT2D eigenvalue weighted by Gasteiger charge is 2.31. The second-order valence-corrected chi connectivity index (χ2v) is 10.7. The van der Waals surface area contributed by atoms with Crippen LogP contribution in [0.3, 0.4) is 0 Å². The number of amides is 1. The van der Waals surface area contributed by atoms with Gasteiger partial charge in [-0.15, -0.1) is 0 Å². The molecule has 0 aromatic heterocycles. The van der Waals surface area contributed by atoms with Crippen LogP contribution >= 0.6 is 0 Å². The molecule has 0 aliphatic carbocycles. The second-order valence-electron chi connectivity index (χ2n) is 9.00. The Labute approximate surface area is 214 Å². The van der Waals surface area contributed by atoms with E-state index in [9.17, 15) is 22.0 Å². The lowest BCUT2D eigenvalue weighted by Gasteiger charge is -2.39. The fraction of sp³-hybridized carbons (Fsp3) is 0.259. The van der Waals surface area contributed by atoms with Crippen molar-refractivity contribution in [1.82, 2.24) is 14.5 Å². The van der Waals surface area contributed by atoms with Gasteiger partial charge in [-0.05, 0) is 47.5 Å². The third-order valence-corrected chi connectivity index (χ3v) is 8.06. The smallest absolute Gasteiger partial charge is 0.263 e. The summed E-state index contributed by atoms with van der Waals surface area (Å²) >= 11 is 0. The Morgan fingerprint density at radius 3 is 2.03 bits per heavy atom. The molecule has 10 heteroatoms. The van der Waals surface area contributed by atoms with E-state index in [0.29, 0.717) is 31.7 Å². The summed E-state index contributed by atoms with van der Waals surface area (Å²) in [7, 11) is -3.61. The molecule has 1 saturated heterocycles. The maximum absolute atomic E-state index is 13.5. The maximum atomic E-state index is 13.5. The summed E-state index contributed by atoms with van der Waals surface area (Å²) in [6.07, 6.45) is 0.159. The van der Waals surface area contributed by atoms with Gasteiger partial charge in [-0.1, -0.05) is 36.4 Å². The first-order chi connectivity index (χ1) is 17.8. The van der Waals surface area contributed by atoms with Crippen molar-refractivity contribution >= 4 is 21.8 Å². The molecule has 192 valence electrons. The van der Waals surface area contributed by atoms with Gasteiger partial charge in [-0.3, -0.25) is 19.4 Å². The molecule has 2 aliphatic rings. The van der Waals surface area contributed by atoms with Crippen LogP contribution < -0.4 is 4.72 Å². The molecule has 0 bridgehead atoms. The van der Waals surface area contributed by atoms with E-state index in [4.69, 9.17) is 0 Å². The average molecular weight is 525 g/mol. The van der Waals surface area contributed by atoms with Crippen molar-refractivity contribution in [3.05, 3.63) is 101 Å². The maximum Gasteiger partial charge on any atom is 0.263 e. The van der Waals surface area contributed by atoms with Gasteiger partial charge in [-0.25, -0.2) is 17.2 Å². The Bertz CT molecular complexity index is 1370. The molecule has 2 heterocycles. The van der Waals surface area contributed by atoms with Crippen molar-refractivity contribution < 1.29 is 22.0 Å². The minimum atomic E-state index is -3.61. The number of nitrogens with one attached hydrogen (secondary N) is 1. The van der Waals surface area contributed by atoms with Gasteiger partial charge in [0.15, 0.2) is 0 Å². The number of benzene rings is 3. The molecule has 37 heavy (non-hydrogen) atoms. The number of carbonyl (C=O) groups is 1. The highest BCUT2D eigenvalue weighted by molar-refractivity contribution is 7.90. The number of sulfonamides is 1. The summed E-state index contributed by atoms with van der Waals surface area (Å²) in [5, 5.41) is 0. The van der Waals surface area contributed by atoms with Crippen LogP contribution in [-0.4, -0.2) is 62.7 Å². The van der Waals surface area contributed by atoms with Crippen molar-refractivity contribution in [3.63, 3.8) is 0 Å². The predicted octanol–water partition coefficient (Wildman–Crippen LogP) is 3.33. The Balaban J connectivity index is 1.22. The lowest BCUT2D eigenvalue weighted by Crippen LogP contribution is -2.50. The molecular weight excluding hydrogens is 498 g/mol. The standard InChI is InChI=1S/C27H26F2N4O3S/c28-21-9-5-19(6-10-21)26(20-7-11-22(29)12-8-20)33-17-15-32(16-18-33)25(34)13-14-30-27-23-3-1-2-4-24(23)37(35,36)31-27/h1-12,26H,13-18H2,(H,30,31). The van der Waals surface area contributed by atoms with Crippen molar-refractivity contribution in [2.75, 3.05) is 32.7 Å². The van der Waals surface area contributed by atoms with E-state index in [1.807, 2.05) is 0 Å². The van der Waals surface area contributed by atoms with Crippen LogP contribution in [-0.2, 0) is 14.8 Å². The minimum Gasteiger partial charge on any atom is -0.340 e. The van der Waals surface area contributed by atoms with E-state index < -0.39 is 10.0 Å². The predicted molar refractivity (Wildman–Crippen MR) is 136 cm³/mol. The van der Waals surface area contributed by atoms with Crippen LogP contribution in [0.15, 0.2) is 82.7 Å². The van der Waals surface area contributed by atoms with Gasteiger partial charge in [0.2, 0.25) is 5.91 Å². The molecule has 0 spiro atoms. The van der Waals surface area contributed by atoms with Crippen LogP contribution in [0.4, 0.5) is 8.78 Å².